The first-order chi connectivity index (χ1) is 8.22. The molecule has 1 saturated heterocycles. The molecule has 2 rings (SSSR count). The Labute approximate surface area is 126 Å². The van der Waals surface area contributed by atoms with Crippen molar-refractivity contribution in [1.29, 1.82) is 0 Å². The fourth-order valence-electron chi connectivity index (χ4n) is 2.69. The van der Waals surface area contributed by atoms with E-state index in [1.165, 1.54) is 5.56 Å². The Morgan fingerprint density at radius 3 is 2.56 bits per heavy atom. The molecule has 3 nitrogen and oxygen atoms in total. The zero-order valence-electron chi connectivity index (χ0n) is 11.0. The first-order valence-electron chi connectivity index (χ1n) is 6.24. The number of nitrogens with two attached hydrogens (primary N) is 1. The van der Waals surface area contributed by atoms with E-state index >= 15 is 0 Å². The zero-order chi connectivity index (χ0) is 12.3. The number of likely N-dealkylation sites (tertiary alicyclic amines) is 1. The van der Waals surface area contributed by atoms with Gasteiger partial charge in [-0.1, -0.05) is 37.3 Å². The van der Waals surface area contributed by atoms with Crippen LogP contribution in [0.1, 0.15) is 24.8 Å². The second kappa shape index (κ2) is 6.97. The highest BCUT2D eigenvalue weighted by Gasteiger charge is 2.27. The first-order valence-corrected chi connectivity index (χ1v) is 6.24. The van der Waals surface area contributed by atoms with Crippen LogP contribution in [0.2, 0.25) is 0 Å². The Hall–Kier alpha value is -0.780. The number of halogens is 1. The van der Waals surface area contributed by atoms with E-state index in [9.17, 15) is 0 Å². The van der Waals surface area contributed by atoms with E-state index in [2.05, 4.69) is 47.1 Å². The van der Waals surface area contributed by atoms with Gasteiger partial charge in [0.15, 0.2) is 5.96 Å². The van der Waals surface area contributed by atoms with Gasteiger partial charge in [0, 0.05) is 20.1 Å². The molecule has 4 heteroatoms. The lowest BCUT2D eigenvalue weighted by molar-refractivity contribution is 0.238. The topological polar surface area (TPSA) is 41.6 Å². The molecule has 1 aromatic rings. The summed E-state index contributed by atoms with van der Waals surface area (Å²) in [5.41, 5.74) is 7.32. The number of rotatable bonds is 1. The summed E-state index contributed by atoms with van der Waals surface area (Å²) in [6, 6.07) is 10.8. The van der Waals surface area contributed by atoms with Gasteiger partial charge >= 0.3 is 0 Å². The number of guanidine groups is 1. The van der Waals surface area contributed by atoms with Crippen LogP contribution in [0.25, 0.3) is 0 Å². The molecule has 1 heterocycles. The minimum absolute atomic E-state index is 0. The smallest absolute Gasteiger partial charge is 0.190 e. The predicted molar refractivity (Wildman–Crippen MR) is 87.5 cm³/mol. The van der Waals surface area contributed by atoms with Gasteiger partial charge in [0.25, 0.3) is 0 Å². The lowest BCUT2D eigenvalue weighted by atomic mass is 9.82. The van der Waals surface area contributed by atoms with Gasteiger partial charge in [0.2, 0.25) is 0 Å². The molecular formula is C14H22IN3. The van der Waals surface area contributed by atoms with Crippen molar-refractivity contribution in [2.24, 2.45) is 16.6 Å². The van der Waals surface area contributed by atoms with Gasteiger partial charge in [-0.3, -0.25) is 4.99 Å². The van der Waals surface area contributed by atoms with Gasteiger partial charge in [-0.2, -0.15) is 0 Å². The molecule has 2 N–H and O–H groups in total. The fourth-order valence-corrected chi connectivity index (χ4v) is 2.69. The Morgan fingerprint density at radius 1 is 1.33 bits per heavy atom. The third-order valence-electron chi connectivity index (χ3n) is 3.69. The number of piperidine rings is 1. The maximum absolute atomic E-state index is 5.87. The highest BCUT2D eigenvalue weighted by atomic mass is 127. The zero-order valence-corrected chi connectivity index (χ0v) is 13.4. The minimum Gasteiger partial charge on any atom is -0.370 e. The van der Waals surface area contributed by atoms with Crippen molar-refractivity contribution in [3.63, 3.8) is 0 Å². The van der Waals surface area contributed by atoms with E-state index in [4.69, 9.17) is 5.73 Å². The highest BCUT2D eigenvalue weighted by molar-refractivity contribution is 14.0. The first kappa shape index (κ1) is 15.3. The summed E-state index contributed by atoms with van der Waals surface area (Å²) in [6.45, 7) is 4.31. The molecule has 1 aliphatic heterocycles. The second-order valence-electron chi connectivity index (χ2n) is 4.81. The number of aliphatic imine (C=N–C) groups is 1. The molecule has 0 bridgehead atoms. The van der Waals surface area contributed by atoms with Gasteiger partial charge in [-0.15, -0.1) is 24.0 Å². The Morgan fingerprint density at radius 2 is 2.00 bits per heavy atom. The van der Waals surface area contributed by atoms with E-state index in [1.807, 2.05) is 0 Å². The third-order valence-corrected chi connectivity index (χ3v) is 3.69. The molecule has 2 atom stereocenters. The lowest BCUT2D eigenvalue weighted by Crippen LogP contribution is -2.45. The third kappa shape index (κ3) is 3.37. The molecular weight excluding hydrogens is 337 g/mol. The van der Waals surface area contributed by atoms with Crippen molar-refractivity contribution in [3.05, 3.63) is 35.9 Å². The van der Waals surface area contributed by atoms with Gasteiger partial charge in [0.1, 0.15) is 0 Å². The fraction of sp³-hybridized carbons (Fsp3) is 0.500. The maximum Gasteiger partial charge on any atom is 0.190 e. The summed E-state index contributed by atoms with van der Waals surface area (Å²) in [5, 5.41) is 0. The molecule has 0 amide bonds. The Kier molecular flexibility index (Phi) is 5.91. The van der Waals surface area contributed by atoms with E-state index < -0.39 is 0 Å². The predicted octanol–water partition coefficient (Wildman–Crippen LogP) is 2.67. The molecule has 1 aliphatic rings. The van der Waals surface area contributed by atoms with Gasteiger partial charge in [-0.05, 0) is 23.8 Å². The summed E-state index contributed by atoms with van der Waals surface area (Å²) < 4.78 is 0. The number of nitrogens with zero attached hydrogens (tertiary/aromatic N) is 2. The van der Waals surface area contributed by atoms with Crippen LogP contribution in [0.5, 0.6) is 0 Å². The van der Waals surface area contributed by atoms with Crippen molar-refractivity contribution in [2.45, 2.75) is 19.3 Å². The van der Waals surface area contributed by atoms with Crippen LogP contribution in [0, 0.1) is 5.92 Å². The van der Waals surface area contributed by atoms with Gasteiger partial charge in [-0.25, -0.2) is 0 Å². The van der Waals surface area contributed by atoms with E-state index in [0.29, 0.717) is 17.8 Å². The minimum atomic E-state index is 0. The van der Waals surface area contributed by atoms with Crippen LogP contribution in [0.3, 0.4) is 0 Å². The molecule has 0 aromatic heterocycles. The molecule has 1 aromatic carbocycles. The summed E-state index contributed by atoms with van der Waals surface area (Å²) in [4.78, 5) is 6.25. The summed E-state index contributed by atoms with van der Waals surface area (Å²) in [7, 11) is 1.75. The van der Waals surface area contributed by atoms with Crippen LogP contribution in [0.4, 0.5) is 0 Å². The van der Waals surface area contributed by atoms with E-state index in [1.54, 1.807) is 7.05 Å². The Balaban J connectivity index is 0.00000162. The van der Waals surface area contributed by atoms with E-state index in [0.717, 1.165) is 19.5 Å². The van der Waals surface area contributed by atoms with Crippen molar-refractivity contribution in [3.8, 4) is 0 Å². The molecule has 18 heavy (non-hydrogen) atoms. The molecule has 0 spiro atoms. The van der Waals surface area contributed by atoms with Crippen LogP contribution < -0.4 is 5.73 Å². The monoisotopic (exact) mass is 359 g/mol. The van der Waals surface area contributed by atoms with Crippen LogP contribution >= 0.6 is 24.0 Å². The molecule has 2 unspecified atom stereocenters. The summed E-state index contributed by atoms with van der Waals surface area (Å²) in [6.07, 6.45) is 1.15. The SMILES string of the molecule is CN=C(N)N1CCC(c2ccccc2)C(C)C1.I. The van der Waals surface area contributed by atoms with Crippen LogP contribution in [-0.4, -0.2) is 31.0 Å². The van der Waals surface area contributed by atoms with Crippen molar-refractivity contribution in [1.82, 2.24) is 4.90 Å². The number of hydrogen-bond acceptors (Lipinski definition) is 1. The summed E-state index contributed by atoms with van der Waals surface area (Å²) >= 11 is 0. The maximum atomic E-state index is 5.87. The average molecular weight is 359 g/mol. The van der Waals surface area contributed by atoms with Crippen molar-refractivity contribution >= 4 is 29.9 Å². The number of hydrogen-bond donors (Lipinski definition) is 1. The molecule has 0 aliphatic carbocycles. The molecule has 1 fully saturated rings. The average Bonchev–Trinajstić information content (AvgIpc) is 2.38. The van der Waals surface area contributed by atoms with Crippen LogP contribution in [0.15, 0.2) is 35.3 Å². The van der Waals surface area contributed by atoms with Crippen LogP contribution in [-0.2, 0) is 0 Å². The molecule has 0 saturated carbocycles. The molecule has 100 valence electrons. The van der Waals surface area contributed by atoms with Crippen molar-refractivity contribution < 1.29 is 0 Å². The van der Waals surface area contributed by atoms with E-state index in [-0.39, 0.29) is 24.0 Å². The Bertz CT molecular complexity index is 391. The summed E-state index contributed by atoms with van der Waals surface area (Å²) in [5.74, 6) is 1.94. The van der Waals surface area contributed by atoms with Gasteiger partial charge in [0.05, 0.1) is 0 Å². The number of benzene rings is 1. The normalized spacial score (nSPS) is 24.6. The highest BCUT2D eigenvalue weighted by Crippen LogP contribution is 2.32. The standard InChI is InChI=1S/C14H21N3.HI/c1-11-10-17(14(15)16-2)9-8-13(11)12-6-4-3-5-7-12;/h3-7,11,13H,8-10H2,1-2H3,(H2,15,16);1H. The lowest BCUT2D eigenvalue weighted by Gasteiger charge is -2.37. The van der Waals surface area contributed by atoms with Gasteiger partial charge < -0.3 is 10.6 Å². The molecule has 0 radical (unpaired) electrons. The largest absolute Gasteiger partial charge is 0.370 e. The second-order valence-corrected chi connectivity index (χ2v) is 4.81. The van der Waals surface area contributed by atoms with Crippen molar-refractivity contribution in [2.75, 3.05) is 20.1 Å². The quantitative estimate of drug-likeness (QED) is 0.476.